The Morgan fingerprint density at radius 2 is 2.17 bits per heavy atom. The van der Waals surface area contributed by atoms with Gasteiger partial charge in [-0.05, 0) is 42.8 Å². The molecule has 5 heteroatoms. The third-order valence-corrected chi connectivity index (χ3v) is 3.01. The van der Waals surface area contributed by atoms with Gasteiger partial charge in [0.15, 0.2) is 0 Å². The Kier molecular flexibility index (Phi) is 3.93. The molecule has 1 heterocycles. The second kappa shape index (κ2) is 5.46. The van der Waals surface area contributed by atoms with Crippen molar-refractivity contribution in [2.24, 2.45) is 5.73 Å². The summed E-state index contributed by atoms with van der Waals surface area (Å²) in [5.74, 6) is 0. The fraction of sp³-hybridized carbons (Fsp3) is 0.0769. The quantitative estimate of drug-likeness (QED) is 0.849. The summed E-state index contributed by atoms with van der Waals surface area (Å²) < 4.78 is 1.02. The van der Waals surface area contributed by atoms with Crippen LogP contribution in [0.3, 0.4) is 0 Å². The SMILES string of the molecule is Cc1cc(Br)cc(Nc2cccnc2C(N)=S)c1. The van der Waals surface area contributed by atoms with Gasteiger partial charge < -0.3 is 11.1 Å². The van der Waals surface area contributed by atoms with Gasteiger partial charge in [-0.25, -0.2) is 0 Å². The molecular formula is C13H12BrN3S. The van der Waals surface area contributed by atoms with Crippen molar-refractivity contribution < 1.29 is 0 Å². The molecule has 0 saturated heterocycles. The van der Waals surface area contributed by atoms with Crippen LogP contribution in [0.4, 0.5) is 11.4 Å². The normalized spacial score (nSPS) is 10.1. The van der Waals surface area contributed by atoms with E-state index < -0.39 is 0 Å². The average molecular weight is 322 g/mol. The maximum Gasteiger partial charge on any atom is 0.124 e. The summed E-state index contributed by atoms with van der Waals surface area (Å²) in [5, 5.41) is 3.28. The lowest BCUT2D eigenvalue weighted by Gasteiger charge is -2.11. The molecule has 0 fully saturated rings. The van der Waals surface area contributed by atoms with Gasteiger partial charge in [-0.3, -0.25) is 4.98 Å². The Morgan fingerprint density at radius 3 is 2.83 bits per heavy atom. The molecule has 0 radical (unpaired) electrons. The summed E-state index contributed by atoms with van der Waals surface area (Å²) in [6, 6.07) is 9.82. The van der Waals surface area contributed by atoms with E-state index in [1.165, 1.54) is 0 Å². The molecule has 1 aromatic carbocycles. The standard InChI is InChI=1S/C13H12BrN3S/c1-8-5-9(14)7-10(6-8)17-11-3-2-4-16-12(11)13(15)18/h2-7,17H,1H3,(H2,15,18). The van der Waals surface area contributed by atoms with Gasteiger partial charge in [0.05, 0.1) is 5.69 Å². The van der Waals surface area contributed by atoms with Crippen molar-refractivity contribution in [1.29, 1.82) is 0 Å². The fourth-order valence-corrected chi connectivity index (χ4v) is 2.44. The number of benzene rings is 1. The first-order valence-electron chi connectivity index (χ1n) is 5.35. The summed E-state index contributed by atoms with van der Waals surface area (Å²) in [6.45, 7) is 2.04. The third-order valence-electron chi connectivity index (χ3n) is 2.36. The van der Waals surface area contributed by atoms with Crippen LogP contribution in [-0.2, 0) is 0 Å². The molecule has 3 nitrogen and oxygen atoms in total. The number of hydrogen-bond donors (Lipinski definition) is 2. The summed E-state index contributed by atoms with van der Waals surface area (Å²) in [4.78, 5) is 4.46. The van der Waals surface area contributed by atoms with Crippen molar-refractivity contribution in [3.8, 4) is 0 Å². The zero-order valence-corrected chi connectivity index (χ0v) is 12.2. The van der Waals surface area contributed by atoms with E-state index in [0.29, 0.717) is 5.69 Å². The number of thiocarbonyl (C=S) groups is 1. The molecule has 1 aromatic heterocycles. The molecule has 0 amide bonds. The Labute approximate surface area is 120 Å². The van der Waals surface area contributed by atoms with Crippen molar-refractivity contribution in [1.82, 2.24) is 4.98 Å². The largest absolute Gasteiger partial charge is 0.388 e. The van der Waals surface area contributed by atoms with Crippen LogP contribution in [0.2, 0.25) is 0 Å². The topological polar surface area (TPSA) is 50.9 Å². The van der Waals surface area contributed by atoms with E-state index in [-0.39, 0.29) is 4.99 Å². The maximum absolute atomic E-state index is 5.65. The van der Waals surface area contributed by atoms with E-state index >= 15 is 0 Å². The van der Waals surface area contributed by atoms with Gasteiger partial charge in [0.2, 0.25) is 0 Å². The Morgan fingerprint density at radius 1 is 1.39 bits per heavy atom. The molecule has 0 saturated carbocycles. The fourth-order valence-electron chi connectivity index (χ4n) is 1.67. The predicted octanol–water partition coefficient (Wildman–Crippen LogP) is 3.53. The highest BCUT2D eigenvalue weighted by atomic mass is 79.9. The van der Waals surface area contributed by atoms with Crippen LogP contribution in [0.5, 0.6) is 0 Å². The second-order valence-electron chi connectivity index (χ2n) is 3.91. The van der Waals surface area contributed by atoms with E-state index in [2.05, 4.69) is 26.2 Å². The highest BCUT2D eigenvalue weighted by molar-refractivity contribution is 9.10. The number of nitrogens with one attached hydrogen (secondary N) is 1. The van der Waals surface area contributed by atoms with Crippen molar-refractivity contribution >= 4 is 44.5 Å². The first-order chi connectivity index (χ1) is 8.56. The van der Waals surface area contributed by atoms with E-state index in [9.17, 15) is 0 Å². The van der Waals surface area contributed by atoms with Crippen molar-refractivity contribution in [3.63, 3.8) is 0 Å². The zero-order chi connectivity index (χ0) is 13.1. The molecule has 18 heavy (non-hydrogen) atoms. The van der Waals surface area contributed by atoms with Crippen LogP contribution in [0.1, 0.15) is 11.3 Å². The number of pyridine rings is 1. The number of halogens is 1. The minimum atomic E-state index is 0.282. The predicted molar refractivity (Wildman–Crippen MR) is 82.3 cm³/mol. The number of hydrogen-bond acceptors (Lipinski definition) is 3. The average Bonchev–Trinajstić information content (AvgIpc) is 2.27. The molecule has 92 valence electrons. The minimum absolute atomic E-state index is 0.282. The first-order valence-corrected chi connectivity index (χ1v) is 6.55. The van der Waals surface area contributed by atoms with Crippen LogP contribution in [0.15, 0.2) is 41.0 Å². The van der Waals surface area contributed by atoms with Crippen molar-refractivity contribution in [2.75, 3.05) is 5.32 Å². The van der Waals surface area contributed by atoms with Crippen LogP contribution >= 0.6 is 28.1 Å². The minimum Gasteiger partial charge on any atom is -0.388 e. The molecular weight excluding hydrogens is 310 g/mol. The summed E-state index contributed by atoms with van der Waals surface area (Å²) in [5.41, 5.74) is 9.18. The van der Waals surface area contributed by atoms with E-state index in [0.717, 1.165) is 21.4 Å². The molecule has 2 rings (SSSR count). The van der Waals surface area contributed by atoms with Crippen molar-refractivity contribution in [3.05, 3.63) is 52.3 Å². The van der Waals surface area contributed by atoms with Gasteiger partial charge >= 0.3 is 0 Å². The molecule has 0 aliphatic heterocycles. The summed E-state index contributed by atoms with van der Waals surface area (Å²) >= 11 is 8.45. The molecule has 0 bridgehead atoms. The van der Waals surface area contributed by atoms with Crippen LogP contribution in [-0.4, -0.2) is 9.97 Å². The van der Waals surface area contributed by atoms with E-state index in [4.69, 9.17) is 18.0 Å². The second-order valence-corrected chi connectivity index (χ2v) is 5.26. The number of nitrogens with two attached hydrogens (primary N) is 1. The van der Waals surface area contributed by atoms with Crippen LogP contribution in [0.25, 0.3) is 0 Å². The number of nitrogens with zero attached hydrogens (tertiary/aromatic N) is 1. The number of anilines is 2. The smallest absolute Gasteiger partial charge is 0.124 e. The van der Waals surface area contributed by atoms with Crippen molar-refractivity contribution in [2.45, 2.75) is 6.92 Å². The van der Waals surface area contributed by atoms with E-state index in [1.807, 2.05) is 37.3 Å². The lowest BCUT2D eigenvalue weighted by Crippen LogP contribution is -2.13. The van der Waals surface area contributed by atoms with Gasteiger partial charge in [-0.1, -0.05) is 28.1 Å². The van der Waals surface area contributed by atoms with Crippen LogP contribution in [0, 0.1) is 6.92 Å². The number of aromatic nitrogens is 1. The summed E-state index contributed by atoms with van der Waals surface area (Å²) in [7, 11) is 0. The highest BCUT2D eigenvalue weighted by Gasteiger charge is 2.06. The van der Waals surface area contributed by atoms with Gasteiger partial charge in [0.1, 0.15) is 10.7 Å². The van der Waals surface area contributed by atoms with Gasteiger partial charge in [0, 0.05) is 16.4 Å². The monoisotopic (exact) mass is 321 g/mol. The molecule has 0 spiro atoms. The highest BCUT2D eigenvalue weighted by Crippen LogP contribution is 2.24. The summed E-state index contributed by atoms with van der Waals surface area (Å²) in [6.07, 6.45) is 1.67. The Hall–Kier alpha value is -1.46. The van der Waals surface area contributed by atoms with Gasteiger partial charge in [-0.15, -0.1) is 0 Å². The molecule has 0 atom stereocenters. The lowest BCUT2D eigenvalue weighted by molar-refractivity contribution is 1.28. The Bertz CT molecular complexity index is 578. The van der Waals surface area contributed by atoms with Crippen LogP contribution < -0.4 is 11.1 Å². The van der Waals surface area contributed by atoms with Gasteiger partial charge in [0.25, 0.3) is 0 Å². The zero-order valence-electron chi connectivity index (χ0n) is 9.77. The molecule has 2 aromatic rings. The lowest BCUT2D eigenvalue weighted by atomic mass is 10.2. The molecule has 0 aliphatic carbocycles. The number of aryl methyl sites for hydroxylation is 1. The molecule has 0 aliphatic rings. The Balaban J connectivity index is 2.37. The number of rotatable bonds is 3. The third kappa shape index (κ3) is 3.05. The maximum atomic E-state index is 5.65. The molecule has 0 unspecified atom stereocenters. The first kappa shape index (κ1) is 13.0. The van der Waals surface area contributed by atoms with E-state index in [1.54, 1.807) is 6.20 Å². The molecule has 3 N–H and O–H groups in total. The van der Waals surface area contributed by atoms with Gasteiger partial charge in [-0.2, -0.15) is 0 Å².